The van der Waals surface area contributed by atoms with Crippen molar-refractivity contribution in [3.8, 4) is 5.75 Å². The van der Waals surface area contributed by atoms with E-state index in [1.807, 2.05) is 0 Å². The maximum atomic E-state index is 10.7. The first-order valence-corrected chi connectivity index (χ1v) is 4.70. The summed E-state index contributed by atoms with van der Waals surface area (Å²) in [6, 6.07) is 6.26. The molecule has 0 unspecified atom stereocenters. The van der Waals surface area contributed by atoms with Gasteiger partial charge in [-0.15, -0.1) is 0 Å². The third-order valence-corrected chi connectivity index (χ3v) is 1.76. The van der Waals surface area contributed by atoms with Crippen LogP contribution in [0.5, 0.6) is 5.75 Å². The number of hydrogen-bond acceptors (Lipinski definition) is 2. The Labute approximate surface area is 96.0 Å². The first-order chi connectivity index (χ1) is 6.59. The average molecular weight is 251 g/mol. The summed E-state index contributed by atoms with van der Waals surface area (Å²) >= 11 is 15.9. The number of ether oxygens (including phenoxy) is 1. The van der Waals surface area contributed by atoms with Crippen molar-refractivity contribution in [2.45, 2.75) is 0 Å². The monoisotopic (exact) mass is 250 g/mol. The third-order valence-electron chi connectivity index (χ3n) is 1.37. The van der Waals surface area contributed by atoms with E-state index >= 15 is 0 Å². The number of carbonyl (C=O) groups excluding carboxylic acids is 1. The Bertz CT molecular complexity index is 353. The van der Waals surface area contributed by atoms with Crippen LogP contribution in [0.2, 0.25) is 0 Å². The molecule has 0 heterocycles. The molecule has 0 aliphatic heterocycles. The van der Waals surface area contributed by atoms with Gasteiger partial charge in [-0.05, 0) is 35.9 Å². The predicted molar refractivity (Wildman–Crippen MR) is 57.0 cm³/mol. The molecule has 1 aromatic carbocycles. The van der Waals surface area contributed by atoms with Gasteiger partial charge >= 0.3 is 0 Å². The second-order valence-electron chi connectivity index (χ2n) is 2.32. The highest BCUT2D eigenvalue weighted by molar-refractivity contribution is 6.67. The molecule has 5 heteroatoms. The summed E-state index contributed by atoms with van der Waals surface area (Å²) in [4.78, 5) is 10.7. The summed E-state index contributed by atoms with van der Waals surface area (Å²) in [5.74, 6) is 0.519. The molecule has 0 radical (unpaired) electrons. The van der Waals surface area contributed by atoms with Gasteiger partial charge in [0, 0.05) is 5.56 Å². The molecule has 0 bridgehead atoms. The zero-order chi connectivity index (χ0) is 10.6. The van der Waals surface area contributed by atoms with Crippen molar-refractivity contribution in [3.63, 3.8) is 0 Å². The van der Waals surface area contributed by atoms with Gasteiger partial charge in [-0.2, -0.15) is 0 Å². The molecule has 1 aromatic rings. The van der Waals surface area contributed by atoms with Crippen molar-refractivity contribution in [2.24, 2.45) is 0 Å². The zero-order valence-electron chi connectivity index (χ0n) is 6.84. The summed E-state index contributed by atoms with van der Waals surface area (Å²) in [6.45, 7) is 0. The zero-order valence-corrected chi connectivity index (χ0v) is 9.10. The number of rotatable bonds is 3. The van der Waals surface area contributed by atoms with Crippen LogP contribution in [-0.2, 0) is 0 Å². The van der Waals surface area contributed by atoms with Crippen molar-refractivity contribution in [3.05, 3.63) is 40.6 Å². The fourth-order valence-corrected chi connectivity index (χ4v) is 0.992. The van der Waals surface area contributed by atoms with Crippen molar-refractivity contribution in [1.29, 1.82) is 0 Å². The van der Waals surface area contributed by atoms with E-state index in [-0.39, 0.29) is 4.49 Å². The smallest absolute Gasteiger partial charge is 0.252 e. The topological polar surface area (TPSA) is 26.3 Å². The molecule has 0 fully saturated rings. The normalized spacial score (nSPS) is 9.36. The summed E-state index contributed by atoms with van der Waals surface area (Å²) in [7, 11) is 0. The second-order valence-corrected chi connectivity index (χ2v) is 3.67. The van der Waals surface area contributed by atoms with E-state index in [1.54, 1.807) is 24.3 Å². The molecule has 0 atom stereocenters. The lowest BCUT2D eigenvalue weighted by Gasteiger charge is -1.99. The minimum atomic E-state index is -0.512. The molecule has 0 saturated heterocycles. The van der Waals surface area contributed by atoms with Crippen LogP contribution in [0.4, 0.5) is 0 Å². The number of halogens is 3. The summed E-state index contributed by atoms with van der Waals surface area (Å²) in [5, 5.41) is -0.512. The lowest BCUT2D eigenvalue weighted by atomic mass is 10.2. The SMILES string of the molecule is O=C(Cl)c1ccc(OC=C(Cl)Cl)cc1. The molecule has 1 rings (SSSR count). The lowest BCUT2D eigenvalue weighted by molar-refractivity contribution is 0.108. The third kappa shape index (κ3) is 3.58. The van der Waals surface area contributed by atoms with E-state index in [2.05, 4.69) is 0 Å². The Balaban J connectivity index is 2.74. The van der Waals surface area contributed by atoms with Crippen LogP contribution in [0, 0.1) is 0 Å². The summed E-state index contributed by atoms with van der Waals surface area (Å²) in [5.41, 5.74) is 0.403. The van der Waals surface area contributed by atoms with E-state index in [1.165, 1.54) is 6.26 Å². The minimum Gasteiger partial charge on any atom is -0.463 e. The predicted octanol–water partition coefficient (Wildman–Crippen LogP) is 3.72. The molecular formula is C9H5Cl3O2. The van der Waals surface area contributed by atoms with E-state index in [4.69, 9.17) is 39.5 Å². The lowest BCUT2D eigenvalue weighted by Crippen LogP contribution is -1.88. The van der Waals surface area contributed by atoms with Crippen molar-refractivity contribution >= 4 is 40.0 Å². The first kappa shape index (κ1) is 11.4. The Morgan fingerprint density at radius 1 is 1.14 bits per heavy atom. The Morgan fingerprint density at radius 3 is 2.14 bits per heavy atom. The molecule has 0 amide bonds. The highest BCUT2D eigenvalue weighted by Crippen LogP contribution is 2.15. The van der Waals surface area contributed by atoms with Gasteiger partial charge in [0.15, 0.2) is 0 Å². The van der Waals surface area contributed by atoms with Crippen molar-refractivity contribution in [2.75, 3.05) is 0 Å². The highest BCUT2D eigenvalue weighted by Gasteiger charge is 2.00. The van der Waals surface area contributed by atoms with Gasteiger partial charge in [-0.1, -0.05) is 23.2 Å². The first-order valence-electron chi connectivity index (χ1n) is 3.57. The van der Waals surface area contributed by atoms with Crippen LogP contribution in [0.15, 0.2) is 35.0 Å². The van der Waals surface area contributed by atoms with Crippen LogP contribution in [0.1, 0.15) is 10.4 Å². The Kier molecular flexibility index (Phi) is 4.26. The van der Waals surface area contributed by atoms with E-state index in [9.17, 15) is 4.79 Å². The maximum absolute atomic E-state index is 10.7. The van der Waals surface area contributed by atoms with E-state index in [0.29, 0.717) is 11.3 Å². The Morgan fingerprint density at radius 2 is 1.71 bits per heavy atom. The number of carbonyl (C=O) groups is 1. The van der Waals surface area contributed by atoms with Crippen LogP contribution in [0.25, 0.3) is 0 Å². The van der Waals surface area contributed by atoms with Crippen molar-refractivity contribution < 1.29 is 9.53 Å². The van der Waals surface area contributed by atoms with Crippen LogP contribution >= 0.6 is 34.8 Å². The minimum absolute atomic E-state index is 0.0162. The molecule has 0 aliphatic carbocycles. The van der Waals surface area contributed by atoms with Gasteiger partial charge in [-0.25, -0.2) is 0 Å². The van der Waals surface area contributed by atoms with Gasteiger partial charge in [0.2, 0.25) is 0 Å². The number of benzene rings is 1. The van der Waals surface area contributed by atoms with Gasteiger partial charge in [0.25, 0.3) is 5.24 Å². The highest BCUT2D eigenvalue weighted by atomic mass is 35.5. The summed E-state index contributed by atoms with van der Waals surface area (Å²) in [6.07, 6.45) is 1.18. The molecule has 74 valence electrons. The fourth-order valence-electron chi connectivity index (χ4n) is 0.777. The van der Waals surface area contributed by atoms with Crippen LogP contribution in [0.3, 0.4) is 0 Å². The van der Waals surface area contributed by atoms with E-state index < -0.39 is 5.24 Å². The Hall–Kier alpha value is -0.700. The fraction of sp³-hybridized carbons (Fsp3) is 0. The molecule has 0 aromatic heterocycles. The molecule has 0 N–H and O–H groups in total. The average Bonchev–Trinajstić information content (AvgIpc) is 2.15. The van der Waals surface area contributed by atoms with Gasteiger partial charge in [0.05, 0.1) is 0 Å². The van der Waals surface area contributed by atoms with Gasteiger partial charge in [0.1, 0.15) is 16.5 Å². The second kappa shape index (κ2) is 5.25. The quantitative estimate of drug-likeness (QED) is 0.604. The summed E-state index contributed by atoms with van der Waals surface area (Å²) < 4.78 is 5.04. The standard InChI is InChI=1S/C9H5Cl3O2/c10-8(11)5-14-7-3-1-6(2-4-7)9(12)13/h1-5H. The molecule has 2 nitrogen and oxygen atoms in total. The van der Waals surface area contributed by atoms with Gasteiger partial charge in [-0.3, -0.25) is 4.79 Å². The number of hydrogen-bond donors (Lipinski definition) is 0. The van der Waals surface area contributed by atoms with Gasteiger partial charge < -0.3 is 4.74 Å². The van der Waals surface area contributed by atoms with Crippen LogP contribution in [-0.4, -0.2) is 5.24 Å². The molecule has 0 spiro atoms. The van der Waals surface area contributed by atoms with Crippen molar-refractivity contribution in [1.82, 2.24) is 0 Å². The molecule has 0 saturated carbocycles. The molecular weight excluding hydrogens is 246 g/mol. The molecule has 14 heavy (non-hydrogen) atoms. The molecule has 0 aliphatic rings. The van der Waals surface area contributed by atoms with E-state index in [0.717, 1.165) is 0 Å². The largest absolute Gasteiger partial charge is 0.463 e. The maximum Gasteiger partial charge on any atom is 0.252 e. The van der Waals surface area contributed by atoms with Crippen LogP contribution < -0.4 is 4.74 Å².